The highest BCUT2D eigenvalue weighted by molar-refractivity contribution is 9.10. The van der Waals surface area contributed by atoms with Gasteiger partial charge in [0.05, 0.1) is 19.3 Å². The van der Waals surface area contributed by atoms with Crippen LogP contribution in [0.3, 0.4) is 0 Å². The number of methoxy groups -OCH3 is 1. The minimum atomic E-state index is -4.56. The van der Waals surface area contributed by atoms with Crippen LogP contribution in [0.2, 0.25) is 0 Å². The quantitative estimate of drug-likeness (QED) is 0.795. The summed E-state index contributed by atoms with van der Waals surface area (Å²) in [6.07, 6.45) is -4.56. The van der Waals surface area contributed by atoms with Crippen LogP contribution in [-0.4, -0.2) is 19.7 Å². The first-order valence-corrected chi connectivity index (χ1v) is 5.72. The lowest BCUT2D eigenvalue weighted by atomic mass is 10.1. The van der Waals surface area contributed by atoms with Gasteiger partial charge in [0.25, 0.3) is 0 Å². The van der Waals surface area contributed by atoms with E-state index in [1.165, 1.54) is 7.11 Å². The second-order valence-electron chi connectivity index (χ2n) is 3.25. The number of carbonyl (C=O) groups excluding carboxylic acids is 1. The molecule has 0 heterocycles. The van der Waals surface area contributed by atoms with Crippen molar-refractivity contribution in [3.05, 3.63) is 27.7 Å². The fourth-order valence-corrected chi connectivity index (χ4v) is 1.86. The van der Waals surface area contributed by atoms with Crippen molar-refractivity contribution in [1.29, 1.82) is 0 Å². The highest BCUT2D eigenvalue weighted by Crippen LogP contribution is 2.38. The van der Waals surface area contributed by atoms with Crippen molar-refractivity contribution in [2.45, 2.75) is 13.1 Å². The van der Waals surface area contributed by atoms with Crippen molar-refractivity contribution < 1.29 is 27.4 Å². The Morgan fingerprint density at radius 2 is 2.00 bits per heavy atom. The molecule has 0 N–H and O–H groups in total. The van der Waals surface area contributed by atoms with Crippen molar-refractivity contribution in [1.82, 2.24) is 0 Å². The number of halogens is 4. The molecule has 0 atom stereocenters. The molecule has 0 saturated carbocycles. The van der Waals surface area contributed by atoms with Gasteiger partial charge in [-0.05, 0) is 19.1 Å². The molecule has 18 heavy (non-hydrogen) atoms. The van der Waals surface area contributed by atoms with Crippen LogP contribution in [0.15, 0.2) is 16.6 Å². The van der Waals surface area contributed by atoms with Crippen LogP contribution in [0.4, 0.5) is 13.2 Å². The molecule has 0 spiro atoms. The molecular formula is C11H10BrF3O3. The van der Waals surface area contributed by atoms with E-state index in [-0.39, 0.29) is 22.4 Å². The van der Waals surface area contributed by atoms with Crippen molar-refractivity contribution in [2.24, 2.45) is 0 Å². The predicted octanol–water partition coefficient (Wildman–Crippen LogP) is 3.65. The lowest BCUT2D eigenvalue weighted by Gasteiger charge is -2.14. The van der Waals surface area contributed by atoms with Gasteiger partial charge in [0.15, 0.2) is 0 Å². The summed E-state index contributed by atoms with van der Waals surface area (Å²) in [6, 6.07) is 1.80. The third-order valence-corrected chi connectivity index (χ3v) is 2.75. The summed E-state index contributed by atoms with van der Waals surface area (Å²) in [5.74, 6) is -0.833. The lowest BCUT2D eigenvalue weighted by Crippen LogP contribution is -2.12. The summed E-state index contributed by atoms with van der Waals surface area (Å²) >= 11 is 2.79. The molecule has 0 aliphatic carbocycles. The molecule has 0 bridgehead atoms. The van der Waals surface area contributed by atoms with Crippen LogP contribution in [0.1, 0.15) is 22.8 Å². The zero-order valence-electron chi connectivity index (χ0n) is 9.60. The van der Waals surface area contributed by atoms with E-state index in [1.807, 2.05) is 0 Å². The van der Waals surface area contributed by atoms with Gasteiger partial charge in [-0.25, -0.2) is 4.79 Å². The van der Waals surface area contributed by atoms with Gasteiger partial charge in [0, 0.05) is 4.47 Å². The Morgan fingerprint density at radius 1 is 1.39 bits per heavy atom. The molecule has 0 saturated heterocycles. The summed E-state index contributed by atoms with van der Waals surface area (Å²) in [4.78, 5) is 11.5. The summed E-state index contributed by atoms with van der Waals surface area (Å²) in [5.41, 5.74) is -1.21. The van der Waals surface area contributed by atoms with E-state index in [0.717, 1.165) is 6.07 Å². The first-order chi connectivity index (χ1) is 8.31. The lowest BCUT2D eigenvalue weighted by molar-refractivity contribution is -0.138. The van der Waals surface area contributed by atoms with Crippen molar-refractivity contribution in [3.8, 4) is 5.75 Å². The third kappa shape index (κ3) is 3.16. The zero-order chi connectivity index (χ0) is 13.9. The highest BCUT2D eigenvalue weighted by Gasteiger charge is 2.35. The molecule has 0 fully saturated rings. The number of carbonyl (C=O) groups is 1. The first kappa shape index (κ1) is 14.8. The number of ether oxygens (including phenoxy) is 2. The van der Waals surface area contributed by atoms with Crippen molar-refractivity contribution in [3.63, 3.8) is 0 Å². The van der Waals surface area contributed by atoms with E-state index < -0.39 is 17.7 Å². The summed E-state index contributed by atoms with van der Waals surface area (Å²) in [5, 5.41) is 0. The first-order valence-electron chi connectivity index (χ1n) is 4.93. The maximum atomic E-state index is 12.7. The average molecular weight is 327 g/mol. The number of alkyl halides is 3. The van der Waals surface area contributed by atoms with Crippen LogP contribution < -0.4 is 4.74 Å². The molecule has 1 aromatic rings. The van der Waals surface area contributed by atoms with E-state index in [0.29, 0.717) is 6.07 Å². The van der Waals surface area contributed by atoms with Gasteiger partial charge in [-0.15, -0.1) is 0 Å². The SMILES string of the molecule is CCOC(=O)c1cc(C(F)(F)F)c(Br)cc1OC. The van der Waals surface area contributed by atoms with E-state index in [9.17, 15) is 18.0 Å². The van der Waals surface area contributed by atoms with E-state index in [1.54, 1.807) is 6.92 Å². The summed E-state index contributed by atoms with van der Waals surface area (Å²) < 4.78 is 47.4. The largest absolute Gasteiger partial charge is 0.496 e. The Bertz CT molecular complexity index is 458. The van der Waals surface area contributed by atoms with Gasteiger partial charge < -0.3 is 9.47 Å². The molecule has 3 nitrogen and oxygen atoms in total. The summed E-state index contributed by atoms with van der Waals surface area (Å²) in [6.45, 7) is 1.63. The van der Waals surface area contributed by atoms with Crippen LogP contribution in [-0.2, 0) is 10.9 Å². The zero-order valence-corrected chi connectivity index (χ0v) is 11.2. The molecule has 0 unspecified atom stereocenters. The van der Waals surface area contributed by atoms with Gasteiger partial charge in [-0.1, -0.05) is 15.9 Å². The van der Waals surface area contributed by atoms with Crippen molar-refractivity contribution in [2.75, 3.05) is 13.7 Å². The van der Waals surface area contributed by atoms with E-state index >= 15 is 0 Å². The van der Waals surface area contributed by atoms with Crippen LogP contribution in [0, 0.1) is 0 Å². The normalized spacial score (nSPS) is 11.2. The smallest absolute Gasteiger partial charge is 0.417 e. The van der Waals surface area contributed by atoms with Gasteiger partial charge >= 0.3 is 12.1 Å². The third-order valence-electron chi connectivity index (χ3n) is 2.09. The van der Waals surface area contributed by atoms with Gasteiger partial charge in [0.2, 0.25) is 0 Å². The van der Waals surface area contributed by atoms with Crippen LogP contribution >= 0.6 is 15.9 Å². The maximum absolute atomic E-state index is 12.7. The Labute approximate surface area is 110 Å². The standard InChI is InChI=1S/C11H10BrF3O3/c1-3-18-10(16)6-4-7(11(13,14)15)8(12)5-9(6)17-2/h4-5H,3H2,1-2H3. The van der Waals surface area contributed by atoms with E-state index in [2.05, 4.69) is 20.7 Å². The topological polar surface area (TPSA) is 35.5 Å². The Kier molecular flexibility index (Phi) is 4.61. The monoisotopic (exact) mass is 326 g/mol. The van der Waals surface area contributed by atoms with E-state index in [4.69, 9.17) is 4.74 Å². The molecule has 0 amide bonds. The van der Waals surface area contributed by atoms with Gasteiger partial charge in [0.1, 0.15) is 11.3 Å². The molecule has 1 aromatic carbocycles. The molecule has 0 aliphatic rings. The maximum Gasteiger partial charge on any atom is 0.417 e. The number of rotatable bonds is 3. The minimum Gasteiger partial charge on any atom is -0.496 e. The van der Waals surface area contributed by atoms with Gasteiger partial charge in [-0.2, -0.15) is 13.2 Å². The molecule has 7 heteroatoms. The Balaban J connectivity index is 3.35. The Hall–Kier alpha value is -1.24. The number of hydrogen-bond donors (Lipinski definition) is 0. The molecule has 0 aliphatic heterocycles. The second-order valence-corrected chi connectivity index (χ2v) is 4.10. The fourth-order valence-electron chi connectivity index (χ4n) is 1.31. The highest BCUT2D eigenvalue weighted by atomic mass is 79.9. The number of esters is 1. The summed E-state index contributed by atoms with van der Waals surface area (Å²) in [7, 11) is 1.26. The average Bonchev–Trinajstić information content (AvgIpc) is 2.27. The fraction of sp³-hybridized carbons (Fsp3) is 0.364. The molecule has 0 radical (unpaired) electrons. The molecule has 0 aromatic heterocycles. The number of benzene rings is 1. The van der Waals surface area contributed by atoms with Gasteiger partial charge in [-0.3, -0.25) is 0 Å². The minimum absolute atomic E-state index is 0.0216. The van der Waals surface area contributed by atoms with Crippen LogP contribution in [0.25, 0.3) is 0 Å². The van der Waals surface area contributed by atoms with Crippen molar-refractivity contribution >= 4 is 21.9 Å². The molecule has 1 rings (SSSR count). The second kappa shape index (κ2) is 5.60. The molecular weight excluding hydrogens is 317 g/mol. The predicted molar refractivity (Wildman–Crippen MR) is 61.7 cm³/mol. The molecule has 100 valence electrons. The number of hydrogen-bond acceptors (Lipinski definition) is 3. The Morgan fingerprint density at radius 3 is 2.44 bits per heavy atom. The van der Waals surface area contributed by atoms with Crippen LogP contribution in [0.5, 0.6) is 5.75 Å².